The number of hydrogen-bond donors (Lipinski definition) is 1. The minimum absolute atomic E-state index is 0.271. The zero-order chi connectivity index (χ0) is 22.8. The van der Waals surface area contributed by atoms with Crippen molar-refractivity contribution in [2.75, 3.05) is 0 Å². The molecule has 1 heterocycles. The fourth-order valence-corrected chi connectivity index (χ4v) is 4.21. The maximum absolute atomic E-state index is 11.3. The average Bonchev–Trinajstić information content (AvgIpc) is 3.19. The number of allylic oxidation sites excluding steroid dienone is 1. The van der Waals surface area contributed by atoms with Gasteiger partial charge in [0.05, 0.1) is 17.2 Å². The van der Waals surface area contributed by atoms with Crippen molar-refractivity contribution in [3.63, 3.8) is 0 Å². The lowest BCUT2D eigenvalue weighted by molar-refractivity contribution is 0.0696. The SMILES string of the molecule is N#C/C(=C/c1cn(Cc2cccc(C(=O)O)c2)c2ccccc12)c1ccc2ccccc2c1. The molecule has 0 saturated carbocycles. The van der Waals surface area contributed by atoms with E-state index in [0.29, 0.717) is 12.1 Å². The summed E-state index contributed by atoms with van der Waals surface area (Å²) in [5, 5.41) is 22.5. The molecule has 0 bridgehead atoms. The van der Waals surface area contributed by atoms with E-state index in [1.54, 1.807) is 18.2 Å². The molecule has 4 nitrogen and oxygen atoms in total. The number of carboxylic acids is 1. The van der Waals surface area contributed by atoms with Crippen LogP contribution >= 0.6 is 0 Å². The molecule has 4 aromatic carbocycles. The molecule has 0 radical (unpaired) electrons. The summed E-state index contributed by atoms with van der Waals surface area (Å²) in [5.41, 5.74) is 4.62. The molecule has 0 amide bonds. The van der Waals surface area contributed by atoms with Crippen LogP contribution < -0.4 is 0 Å². The second kappa shape index (κ2) is 8.49. The molecule has 0 aliphatic heterocycles. The van der Waals surface area contributed by atoms with Crippen LogP contribution in [0.5, 0.6) is 0 Å². The predicted octanol–water partition coefficient (Wildman–Crippen LogP) is 6.61. The lowest BCUT2D eigenvalue weighted by Gasteiger charge is -2.06. The minimum atomic E-state index is -0.938. The van der Waals surface area contributed by atoms with Crippen LogP contribution in [-0.4, -0.2) is 15.6 Å². The maximum atomic E-state index is 11.3. The second-order valence-corrected chi connectivity index (χ2v) is 7.97. The molecule has 1 aromatic heterocycles. The summed E-state index contributed by atoms with van der Waals surface area (Å²) < 4.78 is 2.09. The van der Waals surface area contributed by atoms with Gasteiger partial charge in [-0.2, -0.15) is 5.26 Å². The summed E-state index contributed by atoms with van der Waals surface area (Å²) in [6.45, 7) is 0.535. The third kappa shape index (κ3) is 4.00. The van der Waals surface area contributed by atoms with Crippen molar-refractivity contribution < 1.29 is 9.90 Å². The second-order valence-electron chi connectivity index (χ2n) is 7.97. The highest BCUT2D eigenvalue weighted by molar-refractivity contribution is 5.99. The van der Waals surface area contributed by atoms with Gasteiger partial charge in [-0.1, -0.05) is 66.7 Å². The van der Waals surface area contributed by atoms with Gasteiger partial charge < -0.3 is 9.67 Å². The number of hydrogen-bond acceptors (Lipinski definition) is 2. The van der Waals surface area contributed by atoms with Gasteiger partial charge in [0, 0.05) is 29.2 Å². The van der Waals surface area contributed by atoms with E-state index in [-0.39, 0.29) is 5.56 Å². The number of benzene rings is 4. The topological polar surface area (TPSA) is 66.0 Å². The lowest BCUT2D eigenvalue weighted by atomic mass is 10.00. The van der Waals surface area contributed by atoms with Gasteiger partial charge in [0.2, 0.25) is 0 Å². The van der Waals surface area contributed by atoms with Crippen LogP contribution in [0.1, 0.15) is 27.0 Å². The van der Waals surface area contributed by atoms with Gasteiger partial charge >= 0.3 is 5.97 Å². The third-order valence-corrected chi connectivity index (χ3v) is 5.83. The highest BCUT2D eigenvalue weighted by Crippen LogP contribution is 2.28. The largest absolute Gasteiger partial charge is 0.478 e. The normalized spacial score (nSPS) is 11.5. The van der Waals surface area contributed by atoms with E-state index in [0.717, 1.165) is 38.4 Å². The van der Waals surface area contributed by atoms with Crippen LogP contribution in [0.25, 0.3) is 33.3 Å². The van der Waals surface area contributed by atoms with E-state index in [2.05, 4.69) is 16.7 Å². The highest BCUT2D eigenvalue weighted by atomic mass is 16.4. The molecule has 0 saturated heterocycles. The molecule has 0 aliphatic rings. The number of carbonyl (C=O) groups is 1. The summed E-state index contributed by atoms with van der Waals surface area (Å²) in [5.74, 6) is -0.938. The average molecular weight is 428 g/mol. The number of rotatable bonds is 5. The maximum Gasteiger partial charge on any atom is 0.335 e. The fourth-order valence-electron chi connectivity index (χ4n) is 4.21. The molecule has 33 heavy (non-hydrogen) atoms. The number of aromatic carboxylic acids is 1. The van der Waals surface area contributed by atoms with Crippen LogP contribution in [0.15, 0.2) is 97.2 Å². The van der Waals surface area contributed by atoms with Crippen molar-refractivity contribution in [3.05, 3.63) is 119 Å². The van der Waals surface area contributed by atoms with Crippen molar-refractivity contribution >= 4 is 39.3 Å². The Morgan fingerprint density at radius 2 is 1.67 bits per heavy atom. The molecule has 1 N–H and O–H groups in total. The van der Waals surface area contributed by atoms with Gasteiger partial charge in [0.25, 0.3) is 0 Å². The fraction of sp³-hybridized carbons (Fsp3) is 0.0345. The monoisotopic (exact) mass is 428 g/mol. The highest BCUT2D eigenvalue weighted by Gasteiger charge is 2.11. The summed E-state index contributed by atoms with van der Waals surface area (Å²) in [6.07, 6.45) is 3.95. The van der Waals surface area contributed by atoms with Gasteiger partial charge in [-0.05, 0) is 52.2 Å². The molecule has 0 spiro atoms. The van der Waals surface area contributed by atoms with Gasteiger partial charge in [-0.3, -0.25) is 0 Å². The Balaban J connectivity index is 1.58. The Hall–Kier alpha value is -4.62. The number of fused-ring (bicyclic) bond motifs is 2. The zero-order valence-electron chi connectivity index (χ0n) is 17.8. The quantitative estimate of drug-likeness (QED) is 0.321. The van der Waals surface area contributed by atoms with Crippen molar-refractivity contribution in [2.45, 2.75) is 6.54 Å². The number of para-hydroxylation sites is 1. The molecular weight excluding hydrogens is 408 g/mol. The van der Waals surface area contributed by atoms with E-state index in [1.807, 2.05) is 79.0 Å². The summed E-state index contributed by atoms with van der Waals surface area (Å²) in [7, 11) is 0. The van der Waals surface area contributed by atoms with E-state index in [1.165, 1.54) is 0 Å². The zero-order valence-corrected chi connectivity index (χ0v) is 17.8. The third-order valence-electron chi connectivity index (χ3n) is 5.83. The summed E-state index contributed by atoms with van der Waals surface area (Å²) >= 11 is 0. The van der Waals surface area contributed by atoms with Crippen LogP contribution in [0.4, 0.5) is 0 Å². The van der Waals surface area contributed by atoms with Gasteiger partial charge in [0.15, 0.2) is 0 Å². The summed E-state index contributed by atoms with van der Waals surface area (Å²) in [6, 6.07) is 31.5. The Bertz CT molecular complexity index is 1580. The van der Waals surface area contributed by atoms with E-state index in [9.17, 15) is 15.2 Å². The summed E-state index contributed by atoms with van der Waals surface area (Å²) in [4.78, 5) is 11.3. The Morgan fingerprint density at radius 1 is 0.879 bits per heavy atom. The first-order chi connectivity index (χ1) is 16.1. The number of aromatic nitrogens is 1. The van der Waals surface area contributed by atoms with Gasteiger partial charge in [-0.25, -0.2) is 4.79 Å². The first-order valence-electron chi connectivity index (χ1n) is 10.6. The van der Waals surface area contributed by atoms with Crippen LogP contribution in [0.2, 0.25) is 0 Å². The Morgan fingerprint density at radius 3 is 2.48 bits per heavy atom. The van der Waals surface area contributed by atoms with Gasteiger partial charge in [-0.15, -0.1) is 0 Å². The van der Waals surface area contributed by atoms with E-state index in [4.69, 9.17) is 0 Å². The Labute approximate surface area is 191 Å². The first-order valence-corrected chi connectivity index (χ1v) is 10.6. The van der Waals surface area contributed by atoms with Gasteiger partial charge in [0.1, 0.15) is 0 Å². The number of carboxylic acid groups (broad SMARTS) is 1. The van der Waals surface area contributed by atoms with Crippen LogP contribution in [0, 0.1) is 11.3 Å². The standard InChI is InChI=1S/C29H20N2O2/c30-17-25(23-13-12-21-7-1-2-8-22(21)15-23)16-26-19-31(28-11-4-3-10-27(26)28)18-20-6-5-9-24(14-20)29(32)33/h1-16,19H,18H2,(H,32,33)/b25-16-. The molecule has 5 rings (SSSR count). The van der Waals surface area contributed by atoms with Crippen LogP contribution in [0.3, 0.4) is 0 Å². The van der Waals surface area contributed by atoms with E-state index >= 15 is 0 Å². The Kier molecular flexibility index (Phi) is 5.22. The van der Waals surface area contributed by atoms with Crippen molar-refractivity contribution in [3.8, 4) is 6.07 Å². The smallest absolute Gasteiger partial charge is 0.335 e. The van der Waals surface area contributed by atoms with Crippen molar-refractivity contribution in [2.24, 2.45) is 0 Å². The molecule has 158 valence electrons. The number of nitrogens with zero attached hydrogens (tertiary/aromatic N) is 2. The lowest BCUT2D eigenvalue weighted by Crippen LogP contribution is -2.01. The molecule has 0 unspecified atom stereocenters. The molecule has 0 atom stereocenters. The first kappa shape index (κ1) is 20.3. The molecule has 4 heteroatoms. The molecule has 0 fully saturated rings. The molecule has 5 aromatic rings. The van der Waals surface area contributed by atoms with Crippen molar-refractivity contribution in [1.82, 2.24) is 4.57 Å². The minimum Gasteiger partial charge on any atom is -0.478 e. The predicted molar refractivity (Wildman–Crippen MR) is 132 cm³/mol. The molecule has 0 aliphatic carbocycles. The number of nitriles is 1. The van der Waals surface area contributed by atoms with Crippen molar-refractivity contribution in [1.29, 1.82) is 5.26 Å². The van der Waals surface area contributed by atoms with Crippen LogP contribution in [-0.2, 0) is 6.54 Å². The molecular formula is C29H20N2O2. The van der Waals surface area contributed by atoms with E-state index < -0.39 is 5.97 Å².